The number of aliphatic imine (C=N–C) groups is 2. The molecule has 0 aromatic rings. The van der Waals surface area contributed by atoms with E-state index in [1.807, 2.05) is 13.8 Å². The largest absolute Gasteiger partial charge is 0.398 e. The molecule has 0 aliphatic carbocycles. The molecule has 0 aromatic carbocycles. The third-order valence-corrected chi connectivity index (χ3v) is 1.73. The summed E-state index contributed by atoms with van der Waals surface area (Å²) in [5.41, 5.74) is 8.32. The first-order chi connectivity index (χ1) is 7.57. The molecule has 0 fully saturated rings. The molecule has 0 bridgehead atoms. The van der Waals surface area contributed by atoms with Crippen LogP contribution in [0.15, 0.2) is 46.2 Å². The zero-order chi connectivity index (χ0) is 12.4. The van der Waals surface area contributed by atoms with Gasteiger partial charge in [0.05, 0.1) is 6.67 Å². The number of hydrogen-bond donors (Lipinski definition) is 2. The molecule has 0 radical (unpaired) electrons. The SMILES string of the molecule is C=C/N=C\C(=C)CNC/N=C\C(N)=C(C)C. The van der Waals surface area contributed by atoms with E-state index in [0.29, 0.717) is 18.9 Å². The van der Waals surface area contributed by atoms with E-state index in [0.717, 1.165) is 11.1 Å². The van der Waals surface area contributed by atoms with Crippen molar-refractivity contribution in [3.8, 4) is 0 Å². The minimum Gasteiger partial charge on any atom is -0.398 e. The van der Waals surface area contributed by atoms with Crippen LogP contribution in [0.1, 0.15) is 13.8 Å². The highest BCUT2D eigenvalue weighted by atomic mass is 15.0. The Morgan fingerprint density at radius 2 is 2.06 bits per heavy atom. The Morgan fingerprint density at radius 1 is 1.38 bits per heavy atom. The quantitative estimate of drug-likeness (QED) is 0.506. The summed E-state index contributed by atoms with van der Waals surface area (Å²) in [4.78, 5) is 7.98. The van der Waals surface area contributed by atoms with Crippen molar-refractivity contribution in [1.82, 2.24) is 5.32 Å². The third kappa shape index (κ3) is 7.70. The maximum Gasteiger partial charge on any atom is 0.0887 e. The van der Waals surface area contributed by atoms with Crippen LogP contribution >= 0.6 is 0 Å². The maximum absolute atomic E-state index is 5.68. The number of nitrogens with one attached hydrogen (secondary N) is 1. The van der Waals surface area contributed by atoms with E-state index < -0.39 is 0 Å². The fourth-order valence-corrected chi connectivity index (χ4v) is 0.758. The third-order valence-electron chi connectivity index (χ3n) is 1.73. The predicted molar refractivity (Wildman–Crippen MR) is 71.8 cm³/mol. The molecule has 88 valence electrons. The second-order valence-corrected chi connectivity index (χ2v) is 3.47. The smallest absolute Gasteiger partial charge is 0.0887 e. The lowest BCUT2D eigenvalue weighted by Gasteiger charge is -2.00. The van der Waals surface area contributed by atoms with Gasteiger partial charge >= 0.3 is 0 Å². The molecule has 0 spiro atoms. The molecule has 0 heterocycles. The lowest BCUT2D eigenvalue weighted by molar-refractivity contribution is 0.772. The van der Waals surface area contributed by atoms with Crippen molar-refractivity contribution in [1.29, 1.82) is 0 Å². The molecule has 0 saturated heterocycles. The Morgan fingerprint density at radius 3 is 2.62 bits per heavy atom. The van der Waals surface area contributed by atoms with E-state index in [-0.39, 0.29) is 0 Å². The first-order valence-corrected chi connectivity index (χ1v) is 5.03. The van der Waals surface area contributed by atoms with Crippen LogP contribution < -0.4 is 11.1 Å². The van der Waals surface area contributed by atoms with E-state index in [9.17, 15) is 0 Å². The molecule has 4 heteroatoms. The summed E-state index contributed by atoms with van der Waals surface area (Å²) in [6.07, 6.45) is 4.79. The lowest BCUT2D eigenvalue weighted by Crippen LogP contribution is -2.17. The van der Waals surface area contributed by atoms with Crippen molar-refractivity contribution in [2.45, 2.75) is 13.8 Å². The van der Waals surface area contributed by atoms with Gasteiger partial charge in [0.2, 0.25) is 0 Å². The van der Waals surface area contributed by atoms with Crippen LogP contribution in [0, 0.1) is 0 Å². The van der Waals surface area contributed by atoms with Crippen LogP contribution in [-0.4, -0.2) is 25.6 Å². The number of rotatable bonds is 7. The van der Waals surface area contributed by atoms with Gasteiger partial charge in [0.25, 0.3) is 0 Å². The molecule has 0 atom stereocenters. The van der Waals surface area contributed by atoms with Crippen LogP contribution in [0.25, 0.3) is 0 Å². The first kappa shape index (κ1) is 14.3. The fraction of sp³-hybridized carbons (Fsp3) is 0.333. The van der Waals surface area contributed by atoms with Gasteiger partial charge in [-0.05, 0) is 19.4 Å². The molecule has 0 rings (SSSR count). The number of hydrogen-bond acceptors (Lipinski definition) is 4. The van der Waals surface area contributed by atoms with Gasteiger partial charge in [0.15, 0.2) is 0 Å². The summed E-state index contributed by atoms with van der Waals surface area (Å²) in [7, 11) is 0. The molecule has 4 nitrogen and oxygen atoms in total. The topological polar surface area (TPSA) is 62.8 Å². The van der Waals surface area contributed by atoms with Gasteiger partial charge in [-0.15, -0.1) is 0 Å². The Balaban J connectivity index is 3.77. The maximum atomic E-state index is 5.68. The van der Waals surface area contributed by atoms with Gasteiger partial charge in [-0.3, -0.25) is 15.3 Å². The molecule has 3 N–H and O–H groups in total. The molecule has 0 aromatic heterocycles. The van der Waals surface area contributed by atoms with Gasteiger partial charge < -0.3 is 5.73 Å². The summed E-state index contributed by atoms with van der Waals surface area (Å²) in [5, 5.41) is 3.09. The van der Waals surface area contributed by atoms with Crippen LogP contribution in [0.3, 0.4) is 0 Å². The molecule has 16 heavy (non-hydrogen) atoms. The average Bonchev–Trinajstić information content (AvgIpc) is 2.25. The Labute approximate surface area is 97.4 Å². The first-order valence-electron chi connectivity index (χ1n) is 5.03. The van der Waals surface area contributed by atoms with E-state index in [1.165, 1.54) is 6.20 Å². The Hall–Kier alpha value is -1.68. The lowest BCUT2D eigenvalue weighted by atomic mass is 10.3. The van der Waals surface area contributed by atoms with Gasteiger partial charge in [-0.25, -0.2) is 0 Å². The number of allylic oxidation sites excluding steroid dienone is 2. The molecule has 0 amide bonds. The van der Waals surface area contributed by atoms with E-state index >= 15 is 0 Å². The van der Waals surface area contributed by atoms with E-state index in [1.54, 1.807) is 12.4 Å². The van der Waals surface area contributed by atoms with Gasteiger partial charge in [-0.1, -0.05) is 18.7 Å². The molecular weight excluding hydrogens is 200 g/mol. The predicted octanol–water partition coefficient (Wildman–Crippen LogP) is 1.63. The molecule has 0 aliphatic heterocycles. The highest BCUT2D eigenvalue weighted by Gasteiger charge is 1.88. The van der Waals surface area contributed by atoms with Crippen LogP contribution in [0.4, 0.5) is 0 Å². The van der Waals surface area contributed by atoms with E-state index in [4.69, 9.17) is 5.73 Å². The fourth-order valence-electron chi connectivity index (χ4n) is 0.758. The number of nitrogens with two attached hydrogens (primary N) is 1. The molecule has 0 saturated carbocycles. The summed E-state index contributed by atoms with van der Waals surface area (Å²) in [5.74, 6) is 0. The summed E-state index contributed by atoms with van der Waals surface area (Å²) in [6.45, 7) is 12.3. The summed E-state index contributed by atoms with van der Waals surface area (Å²) in [6, 6.07) is 0. The summed E-state index contributed by atoms with van der Waals surface area (Å²) >= 11 is 0. The zero-order valence-electron chi connectivity index (χ0n) is 10.0. The van der Waals surface area contributed by atoms with Gasteiger partial charge in [-0.2, -0.15) is 0 Å². The minimum atomic E-state index is 0.509. The monoisotopic (exact) mass is 220 g/mol. The van der Waals surface area contributed by atoms with Crippen LogP contribution in [-0.2, 0) is 0 Å². The average molecular weight is 220 g/mol. The van der Waals surface area contributed by atoms with Crippen molar-refractivity contribution >= 4 is 12.4 Å². The van der Waals surface area contributed by atoms with Crippen molar-refractivity contribution in [3.63, 3.8) is 0 Å². The highest BCUT2D eigenvalue weighted by molar-refractivity contribution is 5.79. The van der Waals surface area contributed by atoms with E-state index in [2.05, 4.69) is 28.5 Å². The van der Waals surface area contributed by atoms with Crippen molar-refractivity contribution < 1.29 is 0 Å². The standard InChI is InChI=1S/C12H20N4/c1-5-14-6-11(4)7-15-9-16-8-12(13)10(2)3/h5-6,8,15H,1,4,7,9,13H2,2-3H3/b14-6-,16-8-. The molecule has 0 aliphatic rings. The minimum absolute atomic E-state index is 0.509. The Kier molecular flexibility index (Phi) is 7.71. The summed E-state index contributed by atoms with van der Waals surface area (Å²) < 4.78 is 0. The van der Waals surface area contributed by atoms with Crippen LogP contribution in [0.2, 0.25) is 0 Å². The van der Waals surface area contributed by atoms with Gasteiger partial charge in [0.1, 0.15) is 0 Å². The Bertz CT molecular complexity index is 320. The number of nitrogens with zero attached hydrogens (tertiary/aromatic N) is 2. The zero-order valence-corrected chi connectivity index (χ0v) is 10.0. The van der Waals surface area contributed by atoms with Crippen molar-refractivity contribution in [2.24, 2.45) is 15.7 Å². The highest BCUT2D eigenvalue weighted by Crippen LogP contribution is 1.91. The normalized spacial score (nSPS) is 10.9. The van der Waals surface area contributed by atoms with Crippen molar-refractivity contribution in [3.05, 3.63) is 36.2 Å². The van der Waals surface area contributed by atoms with Crippen molar-refractivity contribution in [2.75, 3.05) is 13.2 Å². The second-order valence-electron chi connectivity index (χ2n) is 3.47. The second kappa shape index (κ2) is 8.61. The van der Waals surface area contributed by atoms with Gasteiger partial charge in [0, 0.05) is 30.9 Å². The molecule has 0 unspecified atom stereocenters. The molecular formula is C12H20N4. The van der Waals surface area contributed by atoms with Crippen LogP contribution in [0.5, 0.6) is 0 Å².